The molecule has 98 valence electrons. The Morgan fingerprint density at radius 1 is 1.29 bits per heavy atom. The van der Waals surface area contributed by atoms with E-state index in [2.05, 4.69) is 29.1 Å². The molecule has 2 unspecified atom stereocenters. The zero-order valence-corrected chi connectivity index (χ0v) is 11.1. The van der Waals surface area contributed by atoms with Crippen LogP contribution < -0.4 is 5.32 Å². The Balaban J connectivity index is 1.78. The van der Waals surface area contributed by atoms with Crippen LogP contribution in [0.5, 0.6) is 0 Å². The number of likely N-dealkylation sites (tertiary alicyclic amines) is 1. The minimum absolute atomic E-state index is 0.592. The molecule has 0 aromatic rings. The standard InChI is InChI=1S/C13H25N3O/c1-10-12-8-15(2)4-3-13(12)14-7-11-9-17-6-5-16(10)11/h10-14H,3-9H2,1-2H3/t10-,11?,12-,13?/m0/s1. The highest BCUT2D eigenvalue weighted by atomic mass is 16.5. The molecule has 3 fully saturated rings. The monoisotopic (exact) mass is 239 g/mol. The predicted molar refractivity (Wildman–Crippen MR) is 68.2 cm³/mol. The van der Waals surface area contributed by atoms with Crippen molar-refractivity contribution >= 4 is 0 Å². The second kappa shape index (κ2) is 4.84. The van der Waals surface area contributed by atoms with E-state index in [4.69, 9.17) is 4.74 Å². The fourth-order valence-corrected chi connectivity index (χ4v) is 3.81. The van der Waals surface area contributed by atoms with Crippen LogP contribution in [0.2, 0.25) is 0 Å². The van der Waals surface area contributed by atoms with Crippen molar-refractivity contribution in [1.29, 1.82) is 0 Å². The Hall–Kier alpha value is -0.160. The molecule has 0 aromatic carbocycles. The molecule has 0 saturated carbocycles. The summed E-state index contributed by atoms with van der Waals surface area (Å²) in [6.45, 7) is 8.93. The molecule has 0 radical (unpaired) electrons. The summed E-state index contributed by atoms with van der Waals surface area (Å²) >= 11 is 0. The molecule has 0 aromatic heterocycles. The number of hydrogen-bond acceptors (Lipinski definition) is 4. The highest BCUT2D eigenvalue weighted by molar-refractivity contribution is 4.97. The van der Waals surface area contributed by atoms with E-state index in [0.717, 1.165) is 32.2 Å². The number of piperidine rings is 1. The zero-order valence-electron chi connectivity index (χ0n) is 11.1. The van der Waals surface area contributed by atoms with E-state index < -0.39 is 0 Å². The predicted octanol–water partition coefficient (Wildman–Crippen LogP) is -0.000800. The number of rotatable bonds is 0. The summed E-state index contributed by atoms with van der Waals surface area (Å²) in [6, 6.07) is 1.99. The van der Waals surface area contributed by atoms with Crippen LogP contribution in [-0.2, 0) is 4.74 Å². The van der Waals surface area contributed by atoms with Gasteiger partial charge in [-0.05, 0) is 26.9 Å². The van der Waals surface area contributed by atoms with Crippen LogP contribution in [0.1, 0.15) is 13.3 Å². The molecular formula is C13H25N3O. The maximum Gasteiger partial charge on any atom is 0.0635 e. The molecule has 3 rings (SSSR count). The largest absolute Gasteiger partial charge is 0.378 e. The zero-order chi connectivity index (χ0) is 11.8. The smallest absolute Gasteiger partial charge is 0.0635 e. The molecule has 0 amide bonds. The van der Waals surface area contributed by atoms with Crippen LogP contribution >= 0.6 is 0 Å². The molecular weight excluding hydrogens is 214 g/mol. The van der Waals surface area contributed by atoms with Crippen molar-refractivity contribution < 1.29 is 4.74 Å². The first-order valence-corrected chi connectivity index (χ1v) is 7.01. The fourth-order valence-electron chi connectivity index (χ4n) is 3.81. The van der Waals surface area contributed by atoms with E-state index in [-0.39, 0.29) is 0 Å². The van der Waals surface area contributed by atoms with Gasteiger partial charge in [0.2, 0.25) is 0 Å². The average Bonchev–Trinajstić information content (AvgIpc) is 2.49. The third kappa shape index (κ3) is 2.24. The molecule has 17 heavy (non-hydrogen) atoms. The maximum absolute atomic E-state index is 5.63. The quantitative estimate of drug-likeness (QED) is 0.644. The van der Waals surface area contributed by atoms with Gasteiger partial charge in [0, 0.05) is 43.7 Å². The van der Waals surface area contributed by atoms with Gasteiger partial charge in [0.1, 0.15) is 0 Å². The van der Waals surface area contributed by atoms with Crippen LogP contribution in [0, 0.1) is 5.92 Å². The number of ether oxygens (including phenoxy) is 1. The lowest BCUT2D eigenvalue weighted by Gasteiger charge is -2.43. The normalized spacial score (nSPS) is 44.8. The number of morpholine rings is 1. The summed E-state index contributed by atoms with van der Waals surface area (Å²) < 4.78 is 5.63. The second-order valence-electron chi connectivity index (χ2n) is 5.94. The lowest BCUT2D eigenvalue weighted by molar-refractivity contribution is -0.0318. The first-order valence-electron chi connectivity index (χ1n) is 7.01. The van der Waals surface area contributed by atoms with Gasteiger partial charge in [-0.2, -0.15) is 0 Å². The molecule has 3 aliphatic heterocycles. The minimum Gasteiger partial charge on any atom is -0.378 e. The van der Waals surface area contributed by atoms with Crippen molar-refractivity contribution in [1.82, 2.24) is 15.1 Å². The number of hydrogen-bond donors (Lipinski definition) is 1. The molecule has 0 aliphatic carbocycles. The van der Waals surface area contributed by atoms with Gasteiger partial charge in [0.15, 0.2) is 0 Å². The number of nitrogens with zero attached hydrogens (tertiary/aromatic N) is 2. The average molecular weight is 239 g/mol. The molecule has 3 heterocycles. The van der Waals surface area contributed by atoms with Gasteiger partial charge in [-0.1, -0.05) is 0 Å². The van der Waals surface area contributed by atoms with Crippen LogP contribution in [0.15, 0.2) is 0 Å². The summed E-state index contributed by atoms with van der Waals surface area (Å²) in [4.78, 5) is 5.17. The first-order chi connectivity index (χ1) is 8.25. The van der Waals surface area contributed by atoms with E-state index in [1.165, 1.54) is 19.5 Å². The molecule has 1 N–H and O–H groups in total. The molecule has 3 aliphatic rings. The van der Waals surface area contributed by atoms with E-state index >= 15 is 0 Å². The van der Waals surface area contributed by atoms with Gasteiger partial charge in [-0.25, -0.2) is 0 Å². The third-order valence-corrected chi connectivity index (χ3v) is 4.89. The van der Waals surface area contributed by atoms with E-state index in [0.29, 0.717) is 18.1 Å². The maximum atomic E-state index is 5.63. The van der Waals surface area contributed by atoms with Crippen molar-refractivity contribution in [2.45, 2.75) is 31.5 Å². The van der Waals surface area contributed by atoms with Gasteiger partial charge >= 0.3 is 0 Å². The molecule has 4 atom stereocenters. The summed E-state index contributed by atoms with van der Waals surface area (Å²) in [7, 11) is 2.25. The number of nitrogens with one attached hydrogen (secondary N) is 1. The van der Waals surface area contributed by atoms with E-state index in [1.54, 1.807) is 0 Å². The molecule has 3 saturated heterocycles. The summed E-state index contributed by atoms with van der Waals surface area (Å²) in [5, 5.41) is 3.79. The second-order valence-corrected chi connectivity index (χ2v) is 5.94. The third-order valence-electron chi connectivity index (χ3n) is 4.89. The Labute approximate surface area is 104 Å². The SMILES string of the molecule is C[C@H]1[C@@H]2CN(C)CCC2NCC2COCCN21. The molecule has 0 bridgehead atoms. The Bertz CT molecular complexity index is 273. The van der Waals surface area contributed by atoms with Gasteiger partial charge in [0.25, 0.3) is 0 Å². The highest BCUT2D eigenvalue weighted by Crippen LogP contribution is 2.27. The lowest BCUT2D eigenvalue weighted by Crippen LogP contribution is -2.55. The Kier molecular flexibility index (Phi) is 3.39. The van der Waals surface area contributed by atoms with E-state index in [9.17, 15) is 0 Å². The molecule has 4 heteroatoms. The molecule has 4 nitrogen and oxygen atoms in total. The van der Waals surface area contributed by atoms with Crippen molar-refractivity contribution in [2.24, 2.45) is 5.92 Å². The molecule has 0 spiro atoms. The summed E-state index contributed by atoms with van der Waals surface area (Å²) in [6.07, 6.45) is 1.30. The van der Waals surface area contributed by atoms with Crippen molar-refractivity contribution in [2.75, 3.05) is 46.4 Å². The van der Waals surface area contributed by atoms with Crippen LogP contribution in [0.25, 0.3) is 0 Å². The van der Waals surface area contributed by atoms with E-state index in [1.807, 2.05) is 0 Å². The number of fused-ring (bicyclic) bond motifs is 2. The fraction of sp³-hybridized carbons (Fsp3) is 1.00. The van der Waals surface area contributed by atoms with Crippen molar-refractivity contribution in [3.8, 4) is 0 Å². The minimum atomic E-state index is 0.592. The Morgan fingerprint density at radius 2 is 2.18 bits per heavy atom. The first kappa shape index (κ1) is 11.9. The van der Waals surface area contributed by atoms with Crippen molar-refractivity contribution in [3.05, 3.63) is 0 Å². The summed E-state index contributed by atoms with van der Waals surface area (Å²) in [5.74, 6) is 0.775. The van der Waals surface area contributed by atoms with Crippen LogP contribution in [0.4, 0.5) is 0 Å². The highest BCUT2D eigenvalue weighted by Gasteiger charge is 2.40. The van der Waals surface area contributed by atoms with Gasteiger partial charge in [-0.15, -0.1) is 0 Å². The van der Waals surface area contributed by atoms with Crippen LogP contribution in [-0.4, -0.2) is 74.4 Å². The Morgan fingerprint density at radius 3 is 3.06 bits per heavy atom. The lowest BCUT2D eigenvalue weighted by atomic mass is 9.86. The summed E-state index contributed by atoms with van der Waals surface area (Å²) in [5.41, 5.74) is 0. The van der Waals surface area contributed by atoms with Gasteiger partial charge < -0.3 is 15.0 Å². The van der Waals surface area contributed by atoms with Crippen LogP contribution in [0.3, 0.4) is 0 Å². The topological polar surface area (TPSA) is 27.7 Å². The van der Waals surface area contributed by atoms with Gasteiger partial charge in [-0.3, -0.25) is 4.90 Å². The van der Waals surface area contributed by atoms with Crippen molar-refractivity contribution in [3.63, 3.8) is 0 Å². The van der Waals surface area contributed by atoms with Gasteiger partial charge in [0.05, 0.1) is 13.2 Å².